The second kappa shape index (κ2) is 8.98. The van der Waals surface area contributed by atoms with Gasteiger partial charge in [-0.05, 0) is 36.6 Å². The van der Waals surface area contributed by atoms with E-state index in [2.05, 4.69) is 15.5 Å². The van der Waals surface area contributed by atoms with Gasteiger partial charge in [-0.1, -0.05) is 24.3 Å². The van der Waals surface area contributed by atoms with Crippen LogP contribution in [0.1, 0.15) is 36.0 Å². The van der Waals surface area contributed by atoms with Crippen LogP contribution in [0.25, 0.3) is 10.9 Å². The average molecular weight is 475 g/mol. The molecule has 3 aromatic rings. The summed E-state index contributed by atoms with van der Waals surface area (Å²) >= 11 is 0. The number of benzene rings is 2. The van der Waals surface area contributed by atoms with Crippen LogP contribution in [0.4, 0.5) is 10.5 Å². The molecule has 5 rings (SSSR count). The number of fused-ring (bicyclic) bond motifs is 3. The van der Waals surface area contributed by atoms with Gasteiger partial charge in [0.2, 0.25) is 5.91 Å². The predicted molar refractivity (Wildman–Crippen MR) is 128 cm³/mol. The van der Waals surface area contributed by atoms with Gasteiger partial charge in [0.15, 0.2) is 12.1 Å². The number of aromatic amines is 1. The molecule has 2 aliphatic heterocycles. The third-order valence-electron chi connectivity index (χ3n) is 7.09. The predicted octanol–water partition coefficient (Wildman–Crippen LogP) is 3.27. The van der Waals surface area contributed by atoms with Gasteiger partial charge in [0.1, 0.15) is 5.60 Å². The van der Waals surface area contributed by atoms with Crippen LogP contribution in [0.5, 0.6) is 0 Å². The van der Waals surface area contributed by atoms with Crippen LogP contribution in [0.3, 0.4) is 0 Å². The highest BCUT2D eigenvalue weighted by molar-refractivity contribution is 6.26. The quantitative estimate of drug-likeness (QED) is 0.418. The van der Waals surface area contributed by atoms with Gasteiger partial charge in [0, 0.05) is 49.2 Å². The van der Waals surface area contributed by atoms with E-state index in [9.17, 15) is 19.2 Å². The second-order valence-corrected chi connectivity index (χ2v) is 9.31. The largest absolute Gasteiger partial charge is 0.438 e. The molecule has 0 saturated carbocycles. The molecule has 0 radical (unpaired) electrons. The Morgan fingerprint density at radius 3 is 2.77 bits per heavy atom. The molecule has 2 aliphatic rings. The minimum absolute atomic E-state index is 0.0506. The molecule has 1 spiro atoms. The molecule has 2 N–H and O–H groups in total. The highest BCUT2D eigenvalue weighted by atomic mass is 16.6. The normalized spacial score (nSPS) is 17.4. The van der Waals surface area contributed by atoms with E-state index < -0.39 is 23.4 Å². The third-order valence-corrected chi connectivity index (χ3v) is 7.09. The molecule has 1 fully saturated rings. The number of anilines is 1. The number of aromatic nitrogens is 2. The zero-order valence-electron chi connectivity index (χ0n) is 19.4. The number of ether oxygens (including phenoxy) is 1. The third kappa shape index (κ3) is 4.29. The first-order chi connectivity index (χ1) is 16.9. The fourth-order valence-electron chi connectivity index (χ4n) is 5.27. The first-order valence-electron chi connectivity index (χ1n) is 11.7. The Labute approximate surface area is 201 Å². The van der Waals surface area contributed by atoms with Gasteiger partial charge < -0.3 is 9.64 Å². The van der Waals surface area contributed by atoms with E-state index >= 15 is 0 Å². The lowest BCUT2D eigenvalue weighted by Crippen LogP contribution is -2.50. The maximum absolute atomic E-state index is 13.2. The van der Waals surface area contributed by atoms with Crippen molar-refractivity contribution in [1.29, 1.82) is 0 Å². The number of hydrogen-bond donors (Lipinski definition) is 2. The number of Topliss-reactive ketones (excluding diaryl/α,β-unsaturated/α-hetero) is 1. The summed E-state index contributed by atoms with van der Waals surface area (Å²) in [5, 5.41) is 10.6. The van der Waals surface area contributed by atoms with Crippen LogP contribution in [0.2, 0.25) is 0 Å². The lowest BCUT2D eigenvalue weighted by Gasteiger charge is -2.44. The van der Waals surface area contributed by atoms with Crippen molar-refractivity contribution < 1.29 is 23.9 Å². The zero-order valence-corrected chi connectivity index (χ0v) is 19.4. The average Bonchev–Trinajstić information content (AvgIpc) is 3.33. The molecule has 2 aromatic carbocycles. The van der Waals surface area contributed by atoms with Crippen LogP contribution >= 0.6 is 0 Å². The molecule has 2 amide bonds. The Morgan fingerprint density at radius 2 is 2.00 bits per heavy atom. The van der Waals surface area contributed by atoms with Crippen molar-refractivity contribution in [1.82, 2.24) is 15.1 Å². The van der Waals surface area contributed by atoms with Gasteiger partial charge in [-0.2, -0.15) is 5.10 Å². The van der Waals surface area contributed by atoms with Gasteiger partial charge >= 0.3 is 6.09 Å². The maximum Gasteiger partial charge on any atom is 0.412 e. The number of para-hydroxylation sites is 1. The summed E-state index contributed by atoms with van der Waals surface area (Å²) in [7, 11) is 0. The zero-order chi connectivity index (χ0) is 24.6. The Balaban J connectivity index is 1.29. The second-order valence-electron chi connectivity index (χ2n) is 9.31. The van der Waals surface area contributed by atoms with E-state index in [-0.39, 0.29) is 12.3 Å². The molecular weight excluding hydrogens is 448 g/mol. The number of aryl methyl sites for hydroxylation is 1. The van der Waals surface area contributed by atoms with Crippen LogP contribution < -0.4 is 5.32 Å². The summed E-state index contributed by atoms with van der Waals surface area (Å²) in [5.41, 5.74) is 3.64. The van der Waals surface area contributed by atoms with Crippen molar-refractivity contribution in [2.24, 2.45) is 5.92 Å². The summed E-state index contributed by atoms with van der Waals surface area (Å²) in [6.45, 7) is 2.73. The summed E-state index contributed by atoms with van der Waals surface area (Å²) in [6, 6.07) is 11.4. The molecule has 0 aliphatic carbocycles. The van der Waals surface area contributed by atoms with Crippen molar-refractivity contribution in [3.63, 3.8) is 0 Å². The topological polar surface area (TPSA) is 121 Å². The van der Waals surface area contributed by atoms with Gasteiger partial charge in [0.05, 0.1) is 17.4 Å². The van der Waals surface area contributed by atoms with Gasteiger partial charge in [0.25, 0.3) is 0 Å². The highest BCUT2D eigenvalue weighted by Gasteiger charge is 2.45. The lowest BCUT2D eigenvalue weighted by atomic mass is 9.82. The number of rotatable bonds is 6. The van der Waals surface area contributed by atoms with Gasteiger partial charge in [-0.15, -0.1) is 0 Å². The number of amides is 2. The molecule has 9 heteroatoms. The SMILES string of the molecule is Cc1cc(CC(CC(=O)N2CCC3(CC2)OC(=O)Nc2ccccc23)C(=O)C=O)cc2cn[nH]c12. The van der Waals surface area contributed by atoms with Crippen LogP contribution in [0, 0.1) is 12.8 Å². The molecule has 0 bridgehead atoms. The number of carbonyl (C=O) groups excluding carboxylic acids is 4. The number of nitrogens with zero attached hydrogens (tertiary/aromatic N) is 2. The number of ketones is 1. The van der Waals surface area contributed by atoms with E-state index in [1.807, 2.05) is 43.3 Å². The number of carbonyl (C=O) groups is 4. The fourth-order valence-corrected chi connectivity index (χ4v) is 5.27. The monoisotopic (exact) mass is 474 g/mol. The van der Waals surface area contributed by atoms with E-state index in [0.29, 0.717) is 38.6 Å². The van der Waals surface area contributed by atoms with Crippen molar-refractivity contribution in [2.75, 3.05) is 18.4 Å². The lowest BCUT2D eigenvalue weighted by molar-refractivity contribution is -0.140. The molecule has 1 unspecified atom stereocenters. The van der Waals surface area contributed by atoms with E-state index in [0.717, 1.165) is 33.3 Å². The molecule has 1 aromatic heterocycles. The summed E-state index contributed by atoms with van der Waals surface area (Å²) in [5.74, 6) is -1.51. The molecule has 1 atom stereocenters. The Kier molecular flexibility index (Phi) is 5.84. The number of piperidine rings is 1. The first kappa shape index (κ1) is 22.8. The van der Waals surface area contributed by atoms with Crippen molar-refractivity contribution in [2.45, 2.75) is 38.2 Å². The van der Waals surface area contributed by atoms with Crippen molar-refractivity contribution in [3.05, 3.63) is 59.3 Å². The molecule has 3 heterocycles. The van der Waals surface area contributed by atoms with Crippen LogP contribution in [-0.2, 0) is 31.1 Å². The van der Waals surface area contributed by atoms with Gasteiger partial charge in [-0.3, -0.25) is 24.8 Å². The van der Waals surface area contributed by atoms with E-state index in [1.165, 1.54) is 0 Å². The minimum atomic E-state index is -0.773. The number of nitrogens with one attached hydrogen (secondary N) is 2. The van der Waals surface area contributed by atoms with Crippen molar-refractivity contribution >= 4 is 40.7 Å². The van der Waals surface area contributed by atoms with Crippen molar-refractivity contribution in [3.8, 4) is 0 Å². The summed E-state index contributed by atoms with van der Waals surface area (Å²) in [4.78, 5) is 50.8. The van der Waals surface area contributed by atoms with Crippen LogP contribution in [0.15, 0.2) is 42.6 Å². The van der Waals surface area contributed by atoms with Crippen LogP contribution in [-0.4, -0.2) is 52.3 Å². The minimum Gasteiger partial charge on any atom is -0.438 e. The molecule has 180 valence electrons. The fraction of sp³-hybridized carbons (Fsp3) is 0.346. The first-order valence-corrected chi connectivity index (χ1v) is 11.7. The number of likely N-dealkylation sites (tertiary alicyclic amines) is 1. The standard InChI is InChI=1S/C26H26N4O5/c1-16-10-17(12-19-14-27-29-24(16)19)11-18(22(32)15-31)13-23(33)30-8-6-26(7-9-30)20-4-2-3-5-21(20)28-25(34)35-26/h2-5,10,12,14-15,18H,6-9,11,13H2,1H3,(H,27,29)(H,28,34). The number of H-pyrrole nitrogens is 1. The molecule has 1 saturated heterocycles. The van der Waals surface area contributed by atoms with E-state index in [4.69, 9.17) is 4.74 Å². The van der Waals surface area contributed by atoms with E-state index in [1.54, 1.807) is 11.1 Å². The van der Waals surface area contributed by atoms with Gasteiger partial charge in [-0.25, -0.2) is 4.79 Å². The number of aldehydes is 1. The smallest absolute Gasteiger partial charge is 0.412 e. The maximum atomic E-state index is 13.2. The summed E-state index contributed by atoms with van der Waals surface area (Å²) < 4.78 is 5.73. The number of hydrogen-bond acceptors (Lipinski definition) is 6. The Bertz CT molecular complexity index is 1320. The highest BCUT2D eigenvalue weighted by Crippen LogP contribution is 2.43. The Morgan fingerprint density at radius 1 is 1.23 bits per heavy atom. The molecule has 9 nitrogen and oxygen atoms in total. The summed E-state index contributed by atoms with van der Waals surface area (Å²) in [6.07, 6.45) is 2.69. The molecular formula is C26H26N4O5. The molecule has 35 heavy (non-hydrogen) atoms. The Hall–Kier alpha value is -4.01.